The average Bonchev–Trinajstić information content (AvgIpc) is 2.95. The molecule has 0 aliphatic carbocycles. The van der Waals surface area contributed by atoms with Crippen LogP contribution in [0.25, 0.3) is 0 Å². The first-order valence-electron chi connectivity index (χ1n) is 9.04. The maximum Gasteiger partial charge on any atom is 0.410 e. The van der Waals surface area contributed by atoms with E-state index in [2.05, 4.69) is 15.7 Å². The van der Waals surface area contributed by atoms with E-state index >= 15 is 0 Å². The third-order valence-electron chi connectivity index (χ3n) is 4.66. The summed E-state index contributed by atoms with van der Waals surface area (Å²) >= 11 is 6.27. The van der Waals surface area contributed by atoms with Crippen LogP contribution in [0.4, 0.5) is 19.0 Å². The number of benzene rings is 1. The number of carbonyl (C=O) groups is 1. The van der Waals surface area contributed by atoms with Gasteiger partial charge < -0.3 is 10.6 Å². The van der Waals surface area contributed by atoms with E-state index in [1.54, 1.807) is 12.1 Å². The summed E-state index contributed by atoms with van der Waals surface area (Å²) in [5.74, 6) is -0.391. The van der Waals surface area contributed by atoms with Crippen LogP contribution in [0.3, 0.4) is 0 Å². The Hall–Kier alpha value is -2.22. The van der Waals surface area contributed by atoms with Crippen molar-refractivity contribution in [2.24, 2.45) is 5.92 Å². The molecule has 0 saturated heterocycles. The molecule has 5 nitrogen and oxygen atoms in total. The number of anilines is 1. The minimum atomic E-state index is -4.53. The minimum absolute atomic E-state index is 0.00973. The van der Waals surface area contributed by atoms with E-state index < -0.39 is 24.2 Å². The number of alkyl halides is 3. The zero-order chi connectivity index (χ0) is 20.6. The summed E-state index contributed by atoms with van der Waals surface area (Å²) in [4.78, 5) is 12.4. The van der Waals surface area contributed by atoms with Crippen molar-refractivity contribution in [1.29, 1.82) is 0 Å². The number of hydrogen-bond donors (Lipinski definition) is 2. The third kappa shape index (κ3) is 4.11. The molecule has 0 unspecified atom stereocenters. The van der Waals surface area contributed by atoms with Crippen molar-refractivity contribution >= 4 is 23.3 Å². The minimum Gasteiger partial charge on any atom is -0.362 e. The summed E-state index contributed by atoms with van der Waals surface area (Å²) in [5, 5.41) is 9.48. The molecule has 9 heteroatoms. The maximum absolute atomic E-state index is 13.7. The van der Waals surface area contributed by atoms with E-state index in [1.807, 2.05) is 32.9 Å². The highest BCUT2D eigenvalue weighted by Gasteiger charge is 2.47. The predicted octanol–water partition coefficient (Wildman–Crippen LogP) is 4.89. The molecule has 2 atom stereocenters. The lowest BCUT2D eigenvalue weighted by molar-refractivity contribution is -0.173. The molecule has 1 aliphatic heterocycles. The second-order valence-corrected chi connectivity index (χ2v) is 7.84. The number of carbonyl (C=O) groups excluding carboxylic acids is 1. The Bertz CT molecular complexity index is 861. The number of fused-ring (bicyclic) bond motifs is 1. The molecule has 0 bridgehead atoms. The van der Waals surface area contributed by atoms with Crippen LogP contribution in [0.5, 0.6) is 0 Å². The van der Waals surface area contributed by atoms with Crippen molar-refractivity contribution in [3.63, 3.8) is 0 Å². The number of amides is 1. The van der Waals surface area contributed by atoms with Crippen LogP contribution < -0.4 is 10.6 Å². The molecule has 2 N–H and O–H groups in total. The fraction of sp³-hybridized carbons (Fsp3) is 0.474. The number of aryl methyl sites for hydroxylation is 1. The van der Waals surface area contributed by atoms with Crippen LogP contribution >= 0.6 is 11.6 Å². The monoisotopic (exact) mass is 414 g/mol. The molecule has 1 aliphatic rings. The van der Waals surface area contributed by atoms with Crippen molar-refractivity contribution in [2.75, 3.05) is 11.9 Å². The van der Waals surface area contributed by atoms with Crippen molar-refractivity contribution in [2.45, 2.75) is 45.5 Å². The van der Waals surface area contributed by atoms with E-state index in [9.17, 15) is 18.0 Å². The molecule has 1 aromatic heterocycles. The summed E-state index contributed by atoms with van der Waals surface area (Å²) < 4.78 is 42.0. The van der Waals surface area contributed by atoms with Gasteiger partial charge in [0.05, 0.1) is 6.04 Å². The molecule has 1 amide bonds. The highest BCUT2D eigenvalue weighted by Crippen LogP contribution is 2.46. The Labute approximate surface area is 166 Å². The van der Waals surface area contributed by atoms with Crippen molar-refractivity contribution in [3.8, 4) is 0 Å². The molecule has 2 aromatic rings. The fourth-order valence-corrected chi connectivity index (χ4v) is 3.40. The lowest BCUT2D eigenvalue weighted by Gasteiger charge is -2.33. The third-order valence-corrected chi connectivity index (χ3v) is 5.02. The topological polar surface area (TPSA) is 59.0 Å². The standard InChI is InChI=1S/C19H22ClF3N4O/c1-10(2)9-24-18(28)16-15(20)17-25-13(12-6-4-11(3)5-7-12)8-14(19(21,22)23)27(17)26-16/h4-7,10,13-14,25H,8-9H2,1-3H3,(H,24,28)/t13-,14-/m0/s1. The van der Waals surface area contributed by atoms with Crippen molar-refractivity contribution in [1.82, 2.24) is 15.1 Å². The second kappa shape index (κ2) is 7.66. The molecule has 3 rings (SSSR count). The lowest BCUT2D eigenvalue weighted by atomic mass is 9.96. The van der Waals surface area contributed by atoms with E-state index in [1.165, 1.54) is 0 Å². The van der Waals surface area contributed by atoms with Gasteiger partial charge in [-0.25, -0.2) is 4.68 Å². The Morgan fingerprint density at radius 3 is 2.57 bits per heavy atom. The first-order valence-corrected chi connectivity index (χ1v) is 9.41. The van der Waals surface area contributed by atoms with Crippen molar-refractivity contribution < 1.29 is 18.0 Å². The van der Waals surface area contributed by atoms with Crippen LogP contribution in [0.2, 0.25) is 5.02 Å². The molecule has 28 heavy (non-hydrogen) atoms. The molecular weight excluding hydrogens is 393 g/mol. The van der Waals surface area contributed by atoms with Gasteiger partial charge in [0.25, 0.3) is 5.91 Å². The van der Waals surface area contributed by atoms with Gasteiger partial charge in [0, 0.05) is 13.0 Å². The fourth-order valence-electron chi connectivity index (χ4n) is 3.13. The molecule has 0 spiro atoms. The molecule has 2 heterocycles. The van der Waals surface area contributed by atoms with E-state index in [0.29, 0.717) is 12.1 Å². The Morgan fingerprint density at radius 1 is 1.36 bits per heavy atom. The Kier molecular flexibility index (Phi) is 5.61. The summed E-state index contributed by atoms with van der Waals surface area (Å²) in [6.45, 7) is 6.10. The molecule has 1 aromatic carbocycles. The first-order chi connectivity index (χ1) is 13.1. The van der Waals surface area contributed by atoms with Gasteiger partial charge in [-0.2, -0.15) is 18.3 Å². The quantitative estimate of drug-likeness (QED) is 0.748. The van der Waals surface area contributed by atoms with E-state index in [4.69, 9.17) is 11.6 Å². The van der Waals surface area contributed by atoms with E-state index in [0.717, 1.165) is 10.2 Å². The van der Waals surface area contributed by atoms with Crippen LogP contribution in [-0.2, 0) is 0 Å². The Balaban J connectivity index is 1.98. The number of hydrogen-bond acceptors (Lipinski definition) is 3. The van der Waals surface area contributed by atoms with Crippen LogP contribution in [0.15, 0.2) is 24.3 Å². The maximum atomic E-state index is 13.7. The smallest absolute Gasteiger partial charge is 0.362 e. The summed E-state index contributed by atoms with van der Waals surface area (Å²) in [6.07, 6.45) is -4.77. The lowest BCUT2D eigenvalue weighted by Crippen LogP contribution is -2.36. The number of aromatic nitrogens is 2. The van der Waals surface area contributed by atoms with Gasteiger partial charge in [0.2, 0.25) is 0 Å². The number of nitrogens with zero attached hydrogens (tertiary/aromatic N) is 2. The van der Waals surface area contributed by atoms with Gasteiger partial charge >= 0.3 is 6.18 Å². The van der Waals surface area contributed by atoms with Crippen molar-refractivity contribution in [3.05, 3.63) is 46.1 Å². The van der Waals surface area contributed by atoms with Gasteiger partial charge in [-0.15, -0.1) is 0 Å². The van der Waals surface area contributed by atoms with Gasteiger partial charge in [0.1, 0.15) is 10.8 Å². The highest BCUT2D eigenvalue weighted by molar-refractivity contribution is 6.36. The number of rotatable bonds is 4. The largest absolute Gasteiger partial charge is 0.410 e. The van der Waals surface area contributed by atoms with Crippen LogP contribution in [0.1, 0.15) is 54.0 Å². The summed E-state index contributed by atoms with van der Waals surface area (Å²) in [7, 11) is 0. The normalized spacial score (nSPS) is 19.3. The Morgan fingerprint density at radius 2 is 2.00 bits per heavy atom. The first kappa shape index (κ1) is 20.5. The predicted molar refractivity (Wildman–Crippen MR) is 102 cm³/mol. The molecular formula is C19H22ClF3N4O. The van der Waals surface area contributed by atoms with Gasteiger partial charge in [-0.05, 0) is 18.4 Å². The highest BCUT2D eigenvalue weighted by atomic mass is 35.5. The average molecular weight is 415 g/mol. The zero-order valence-electron chi connectivity index (χ0n) is 15.8. The molecule has 0 fully saturated rings. The molecule has 0 saturated carbocycles. The SMILES string of the molecule is Cc1ccc([C@@H]2C[C@@H](C(F)(F)F)n3nc(C(=O)NCC(C)C)c(Cl)c3N2)cc1. The summed E-state index contributed by atoms with van der Waals surface area (Å²) in [5.41, 5.74) is 1.52. The number of halogens is 4. The zero-order valence-corrected chi connectivity index (χ0v) is 16.5. The van der Waals surface area contributed by atoms with Crippen LogP contribution in [-0.4, -0.2) is 28.4 Å². The molecule has 0 radical (unpaired) electrons. The number of nitrogens with one attached hydrogen (secondary N) is 2. The van der Waals surface area contributed by atoms with Gasteiger partial charge in [0.15, 0.2) is 11.7 Å². The van der Waals surface area contributed by atoms with Gasteiger partial charge in [-0.1, -0.05) is 55.3 Å². The summed E-state index contributed by atoms with van der Waals surface area (Å²) in [6, 6.07) is 4.79. The van der Waals surface area contributed by atoms with E-state index in [-0.39, 0.29) is 28.9 Å². The molecule has 152 valence electrons. The van der Waals surface area contributed by atoms with Gasteiger partial charge in [-0.3, -0.25) is 4.79 Å². The second-order valence-electron chi connectivity index (χ2n) is 7.46. The van der Waals surface area contributed by atoms with Crippen LogP contribution in [0, 0.1) is 12.8 Å².